The smallest absolute Gasteiger partial charge is 0.0280 e. The molecule has 1 atom stereocenters. The Bertz CT molecular complexity index is 152. The van der Waals surface area contributed by atoms with Crippen LogP contribution in [0.1, 0.15) is 46.5 Å². The molecule has 13 heavy (non-hydrogen) atoms. The number of hydrogen-bond acceptors (Lipinski definition) is 2. The normalized spacial score (nSPS) is 22.8. The quantitative estimate of drug-likeness (QED) is 0.685. The topological polar surface area (TPSA) is 38.0 Å². The van der Waals surface area contributed by atoms with Crippen molar-refractivity contribution in [3.8, 4) is 0 Å². The van der Waals surface area contributed by atoms with E-state index in [1.165, 1.54) is 25.7 Å². The number of nitrogens with two attached hydrogens (primary N) is 1. The molecule has 0 saturated heterocycles. The molecule has 0 radical (unpaired) electrons. The molecule has 0 amide bonds. The van der Waals surface area contributed by atoms with Gasteiger partial charge in [0.1, 0.15) is 0 Å². The lowest BCUT2D eigenvalue weighted by atomic mass is 9.76. The van der Waals surface area contributed by atoms with E-state index in [4.69, 9.17) is 5.73 Å². The third kappa shape index (κ3) is 3.28. The molecule has 1 unspecified atom stereocenters. The molecule has 0 heterocycles. The van der Waals surface area contributed by atoms with E-state index in [9.17, 15) is 0 Å². The summed E-state index contributed by atoms with van der Waals surface area (Å²) in [5.41, 5.74) is 5.99. The van der Waals surface area contributed by atoms with Gasteiger partial charge in [-0.05, 0) is 19.3 Å². The van der Waals surface area contributed by atoms with E-state index in [0.717, 1.165) is 12.5 Å². The first-order chi connectivity index (χ1) is 6.06. The summed E-state index contributed by atoms with van der Waals surface area (Å²) in [6.07, 6.45) is 5.50. The second-order valence-corrected chi connectivity index (χ2v) is 5.06. The molecule has 2 heteroatoms. The van der Waals surface area contributed by atoms with E-state index in [1.807, 2.05) is 0 Å². The average Bonchev–Trinajstić information content (AvgIpc) is 1.96. The van der Waals surface area contributed by atoms with Gasteiger partial charge in [-0.2, -0.15) is 0 Å². The van der Waals surface area contributed by atoms with Crippen LogP contribution in [0.25, 0.3) is 0 Å². The minimum absolute atomic E-state index is 0.166. The molecule has 3 N–H and O–H groups in total. The molecule has 0 aromatic heterocycles. The van der Waals surface area contributed by atoms with Gasteiger partial charge in [-0.1, -0.05) is 33.1 Å². The molecule has 0 aromatic carbocycles. The fourth-order valence-corrected chi connectivity index (χ4v) is 2.23. The van der Waals surface area contributed by atoms with Crippen LogP contribution in [0, 0.1) is 5.92 Å². The van der Waals surface area contributed by atoms with Crippen molar-refractivity contribution in [2.24, 2.45) is 11.7 Å². The standard InChI is InChI=1S/C11H24N2/c1-9(2)13-11(3,8-12)7-10-5-4-6-10/h9-10,13H,4-8,12H2,1-3H3. The summed E-state index contributed by atoms with van der Waals surface area (Å²) < 4.78 is 0. The van der Waals surface area contributed by atoms with Crippen molar-refractivity contribution >= 4 is 0 Å². The van der Waals surface area contributed by atoms with E-state index < -0.39 is 0 Å². The van der Waals surface area contributed by atoms with Crippen molar-refractivity contribution in [1.82, 2.24) is 5.32 Å². The highest BCUT2D eigenvalue weighted by Gasteiger charge is 2.29. The monoisotopic (exact) mass is 184 g/mol. The van der Waals surface area contributed by atoms with Crippen LogP contribution in [0.3, 0.4) is 0 Å². The van der Waals surface area contributed by atoms with Gasteiger partial charge >= 0.3 is 0 Å². The summed E-state index contributed by atoms with van der Waals surface area (Å²) in [6, 6.07) is 0.536. The van der Waals surface area contributed by atoms with Crippen molar-refractivity contribution in [3.63, 3.8) is 0 Å². The van der Waals surface area contributed by atoms with Gasteiger partial charge in [-0.15, -0.1) is 0 Å². The Morgan fingerprint density at radius 1 is 1.46 bits per heavy atom. The first-order valence-electron chi connectivity index (χ1n) is 5.53. The zero-order valence-electron chi connectivity index (χ0n) is 9.27. The minimum Gasteiger partial charge on any atom is -0.329 e. The van der Waals surface area contributed by atoms with Crippen LogP contribution in [0.5, 0.6) is 0 Å². The van der Waals surface area contributed by atoms with Crippen LogP contribution in [-0.2, 0) is 0 Å². The number of hydrogen-bond donors (Lipinski definition) is 2. The lowest BCUT2D eigenvalue weighted by Crippen LogP contribution is -2.53. The second kappa shape index (κ2) is 4.43. The van der Waals surface area contributed by atoms with Crippen molar-refractivity contribution in [2.45, 2.75) is 58.0 Å². The predicted octanol–water partition coefficient (Wildman–Crippen LogP) is 1.89. The van der Waals surface area contributed by atoms with E-state index in [-0.39, 0.29) is 5.54 Å². The van der Waals surface area contributed by atoms with Crippen LogP contribution in [0.2, 0.25) is 0 Å². The maximum atomic E-state index is 5.82. The van der Waals surface area contributed by atoms with Gasteiger partial charge in [0.2, 0.25) is 0 Å². The zero-order valence-corrected chi connectivity index (χ0v) is 9.27. The molecular weight excluding hydrogens is 160 g/mol. The highest BCUT2D eigenvalue weighted by atomic mass is 15.0. The Kier molecular flexibility index (Phi) is 3.74. The molecular formula is C11H24N2. The van der Waals surface area contributed by atoms with Crippen molar-refractivity contribution in [2.75, 3.05) is 6.54 Å². The van der Waals surface area contributed by atoms with Gasteiger partial charge in [0, 0.05) is 18.1 Å². The first kappa shape index (κ1) is 11.0. The average molecular weight is 184 g/mol. The Labute approximate surface area is 82.3 Å². The Morgan fingerprint density at radius 3 is 2.38 bits per heavy atom. The van der Waals surface area contributed by atoms with Crippen LogP contribution in [0.15, 0.2) is 0 Å². The summed E-state index contributed by atoms with van der Waals surface area (Å²) in [5.74, 6) is 0.930. The van der Waals surface area contributed by atoms with Crippen LogP contribution in [0.4, 0.5) is 0 Å². The highest BCUT2D eigenvalue weighted by molar-refractivity contribution is 4.89. The van der Waals surface area contributed by atoms with Crippen LogP contribution >= 0.6 is 0 Å². The molecule has 0 aromatic rings. The van der Waals surface area contributed by atoms with Gasteiger partial charge in [0.25, 0.3) is 0 Å². The van der Waals surface area contributed by atoms with Gasteiger partial charge < -0.3 is 11.1 Å². The molecule has 1 rings (SSSR count). The first-order valence-corrected chi connectivity index (χ1v) is 5.53. The molecule has 78 valence electrons. The fourth-order valence-electron chi connectivity index (χ4n) is 2.23. The molecule has 1 saturated carbocycles. The summed E-state index contributed by atoms with van der Waals surface area (Å²) in [7, 11) is 0. The summed E-state index contributed by atoms with van der Waals surface area (Å²) in [5, 5.41) is 3.58. The predicted molar refractivity (Wildman–Crippen MR) is 57.7 cm³/mol. The molecule has 1 aliphatic carbocycles. The van der Waals surface area contributed by atoms with Gasteiger partial charge in [-0.3, -0.25) is 0 Å². The lowest BCUT2D eigenvalue weighted by molar-refractivity contribution is 0.199. The van der Waals surface area contributed by atoms with Crippen molar-refractivity contribution < 1.29 is 0 Å². The summed E-state index contributed by atoms with van der Waals surface area (Å²) in [6.45, 7) is 7.39. The second-order valence-electron chi connectivity index (χ2n) is 5.06. The summed E-state index contributed by atoms with van der Waals surface area (Å²) >= 11 is 0. The van der Waals surface area contributed by atoms with E-state index in [1.54, 1.807) is 0 Å². The van der Waals surface area contributed by atoms with E-state index >= 15 is 0 Å². The molecule has 2 nitrogen and oxygen atoms in total. The Morgan fingerprint density at radius 2 is 2.08 bits per heavy atom. The van der Waals surface area contributed by atoms with E-state index in [2.05, 4.69) is 26.1 Å². The highest BCUT2D eigenvalue weighted by Crippen LogP contribution is 2.33. The minimum atomic E-state index is 0.166. The maximum absolute atomic E-state index is 5.82. The third-order valence-corrected chi connectivity index (χ3v) is 3.05. The van der Waals surface area contributed by atoms with Gasteiger partial charge in [0.05, 0.1) is 0 Å². The SMILES string of the molecule is CC(C)NC(C)(CN)CC1CCC1. The Balaban J connectivity index is 2.37. The number of rotatable bonds is 5. The molecule has 0 bridgehead atoms. The third-order valence-electron chi connectivity index (χ3n) is 3.05. The number of nitrogens with one attached hydrogen (secondary N) is 1. The summed E-state index contributed by atoms with van der Waals surface area (Å²) in [4.78, 5) is 0. The molecule has 1 aliphatic rings. The van der Waals surface area contributed by atoms with E-state index in [0.29, 0.717) is 6.04 Å². The molecule has 1 fully saturated rings. The van der Waals surface area contributed by atoms with Gasteiger partial charge in [-0.25, -0.2) is 0 Å². The fraction of sp³-hybridized carbons (Fsp3) is 1.00. The lowest BCUT2D eigenvalue weighted by Gasteiger charge is -2.38. The van der Waals surface area contributed by atoms with Crippen molar-refractivity contribution in [3.05, 3.63) is 0 Å². The van der Waals surface area contributed by atoms with Crippen LogP contribution in [-0.4, -0.2) is 18.1 Å². The van der Waals surface area contributed by atoms with Gasteiger partial charge in [0.15, 0.2) is 0 Å². The largest absolute Gasteiger partial charge is 0.329 e. The van der Waals surface area contributed by atoms with Crippen molar-refractivity contribution in [1.29, 1.82) is 0 Å². The zero-order chi connectivity index (χ0) is 9.90. The molecule has 0 spiro atoms. The Hall–Kier alpha value is -0.0800. The molecule has 0 aliphatic heterocycles. The van der Waals surface area contributed by atoms with Crippen LogP contribution < -0.4 is 11.1 Å². The maximum Gasteiger partial charge on any atom is 0.0280 e.